The Hall–Kier alpha value is -1.21. The molecule has 3 rings (SSSR count). The highest BCUT2D eigenvalue weighted by atomic mass is 32.2. The average molecular weight is 365 g/mol. The van der Waals surface area contributed by atoms with Crippen LogP contribution < -0.4 is 5.32 Å². The number of nitrogens with zero attached hydrogens (tertiary/aromatic N) is 1. The number of nitrogens with one attached hydrogen (secondary N) is 1. The molecule has 1 heterocycles. The molecule has 0 bridgehead atoms. The van der Waals surface area contributed by atoms with Crippen molar-refractivity contribution < 1.29 is 13.5 Å². The van der Waals surface area contributed by atoms with Gasteiger partial charge in [-0.1, -0.05) is 30.3 Å². The highest BCUT2D eigenvalue weighted by Crippen LogP contribution is 2.34. The molecule has 1 aliphatic carbocycles. The Morgan fingerprint density at radius 2 is 1.92 bits per heavy atom. The van der Waals surface area contributed by atoms with Crippen LogP contribution >= 0.6 is 0 Å². The molecular formula is C19H28N2O3S. The van der Waals surface area contributed by atoms with Crippen molar-refractivity contribution >= 4 is 15.6 Å². The van der Waals surface area contributed by atoms with Crippen molar-refractivity contribution in [2.24, 2.45) is 0 Å². The number of benzene rings is 1. The highest BCUT2D eigenvalue weighted by Gasteiger charge is 2.42. The van der Waals surface area contributed by atoms with Crippen molar-refractivity contribution in [2.45, 2.75) is 43.7 Å². The summed E-state index contributed by atoms with van der Waals surface area (Å²) in [5.74, 6) is 0.128. The molecule has 1 aromatic carbocycles. The fraction of sp³-hybridized carbons (Fsp3) is 0.579. The number of rotatable bonds is 6. The van der Waals surface area contributed by atoms with Gasteiger partial charge >= 0.3 is 0 Å². The van der Waals surface area contributed by atoms with Crippen molar-refractivity contribution in [2.75, 3.05) is 26.5 Å². The summed E-state index contributed by atoms with van der Waals surface area (Å²) in [7, 11) is -1.61. The molecule has 6 heteroatoms. The monoisotopic (exact) mass is 364 g/mol. The molecule has 0 saturated carbocycles. The van der Waals surface area contributed by atoms with E-state index in [1.165, 1.54) is 34.5 Å². The molecule has 2 N–H and O–H groups in total. The van der Waals surface area contributed by atoms with Gasteiger partial charge in [0.25, 0.3) is 0 Å². The van der Waals surface area contributed by atoms with Crippen molar-refractivity contribution in [3.05, 3.63) is 41.5 Å². The van der Waals surface area contributed by atoms with Gasteiger partial charge in [-0.05, 0) is 42.4 Å². The van der Waals surface area contributed by atoms with Crippen molar-refractivity contribution in [3.63, 3.8) is 0 Å². The molecule has 0 radical (unpaired) electrons. The number of sulfonamides is 1. The molecular weight excluding hydrogens is 336 g/mol. The van der Waals surface area contributed by atoms with Crippen LogP contribution in [-0.4, -0.2) is 56.4 Å². The first-order valence-electron chi connectivity index (χ1n) is 8.97. The molecule has 1 aromatic rings. The van der Waals surface area contributed by atoms with Gasteiger partial charge < -0.3 is 10.4 Å². The maximum Gasteiger partial charge on any atom is 0.211 e. The van der Waals surface area contributed by atoms with Crippen LogP contribution in [0.2, 0.25) is 0 Å². The molecule has 1 saturated heterocycles. The zero-order valence-corrected chi connectivity index (χ0v) is 15.8. The molecule has 2 aliphatic rings. The van der Waals surface area contributed by atoms with E-state index in [0.29, 0.717) is 6.54 Å². The summed E-state index contributed by atoms with van der Waals surface area (Å²) >= 11 is 0. The quantitative estimate of drug-likeness (QED) is 0.809. The first-order valence-corrected chi connectivity index (χ1v) is 10.8. The molecule has 3 atom stereocenters. The molecule has 138 valence electrons. The predicted molar refractivity (Wildman–Crippen MR) is 101 cm³/mol. The fourth-order valence-corrected chi connectivity index (χ4v) is 4.30. The second-order valence-electron chi connectivity index (χ2n) is 7.23. The Labute approximate surface area is 150 Å². The topological polar surface area (TPSA) is 69.6 Å². The van der Waals surface area contributed by atoms with Crippen LogP contribution in [0.15, 0.2) is 30.3 Å². The van der Waals surface area contributed by atoms with Gasteiger partial charge in [0.15, 0.2) is 0 Å². The van der Waals surface area contributed by atoms with Crippen LogP contribution in [0.5, 0.6) is 0 Å². The Kier molecular flexibility index (Phi) is 5.63. The minimum atomic E-state index is -3.20. The van der Waals surface area contributed by atoms with E-state index in [0.717, 1.165) is 18.4 Å². The molecule has 0 spiro atoms. The lowest BCUT2D eigenvalue weighted by Gasteiger charge is -2.47. The number of hydrogen-bond donors (Lipinski definition) is 2. The van der Waals surface area contributed by atoms with Gasteiger partial charge in [0.2, 0.25) is 10.0 Å². The smallest absolute Gasteiger partial charge is 0.211 e. The molecule has 25 heavy (non-hydrogen) atoms. The van der Waals surface area contributed by atoms with Crippen molar-refractivity contribution in [1.82, 2.24) is 9.62 Å². The lowest BCUT2D eigenvalue weighted by atomic mass is 9.77. The summed E-state index contributed by atoms with van der Waals surface area (Å²) in [6.45, 7) is 0.462. The second kappa shape index (κ2) is 7.58. The van der Waals surface area contributed by atoms with E-state index >= 15 is 0 Å². The van der Waals surface area contributed by atoms with Gasteiger partial charge in [0.05, 0.1) is 12.9 Å². The highest BCUT2D eigenvalue weighted by molar-refractivity contribution is 7.88. The largest absolute Gasteiger partial charge is 0.395 e. The fourth-order valence-electron chi connectivity index (χ4n) is 3.87. The lowest BCUT2D eigenvalue weighted by molar-refractivity contribution is 0.118. The summed E-state index contributed by atoms with van der Waals surface area (Å²) in [6.07, 6.45) is 8.40. The second-order valence-corrected chi connectivity index (χ2v) is 9.32. The SMILES string of the molecule is CN(C[C@H]1N[C@H](CO)[C@H]1c1ccc(C2=CCCCC2)cc1)S(C)(=O)=O. The molecule has 0 unspecified atom stereocenters. The molecule has 1 fully saturated rings. The van der Waals surface area contributed by atoms with Gasteiger partial charge in [-0.25, -0.2) is 12.7 Å². The summed E-state index contributed by atoms with van der Waals surface area (Å²) in [6, 6.07) is 8.60. The van der Waals surface area contributed by atoms with Crippen LogP contribution in [0.1, 0.15) is 42.7 Å². The van der Waals surface area contributed by atoms with E-state index in [4.69, 9.17) is 0 Å². The van der Waals surface area contributed by atoms with E-state index in [-0.39, 0.29) is 24.6 Å². The van der Waals surface area contributed by atoms with E-state index in [1.54, 1.807) is 7.05 Å². The van der Waals surface area contributed by atoms with E-state index in [1.807, 2.05) is 0 Å². The van der Waals surface area contributed by atoms with Gasteiger partial charge in [-0.15, -0.1) is 0 Å². The summed E-state index contributed by atoms with van der Waals surface area (Å²) in [5, 5.41) is 12.9. The molecule has 0 amide bonds. The Bertz CT molecular complexity index is 728. The summed E-state index contributed by atoms with van der Waals surface area (Å²) in [4.78, 5) is 0. The lowest BCUT2D eigenvalue weighted by Crippen LogP contribution is -2.64. The number of hydrogen-bond acceptors (Lipinski definition) is 4. The summed E-state index contributed by atoms with van der Waals surface area (Å²) < 4.78 is 24.7. The molecule has 1 aliphatic heterocycles. The third-order valence-corrected chi connectivity index (χ3v) is 6.75. The number of allylic oxidation sites excluding steroid dienone is 2. The number of aliphatic hydroxyl groups excluding tert-OH is 1. The normalized spacial score (nSPS) is 27.0. The maximum absolute atomic E-state index is 11.7. The number of likely N-dealkylation sites (N-methyl/N-ethyl adjacent to an activating group) is 1. The molecule has 5 nitrogen and oxygen atoms in total. The molecule has 0 aromatic heterocycles. The van der Waals surface area contributed by atoms with Gasteiger partial charge in [-0.3, -0.25) is 0 Å². The Morgan fingerprint density at radius 3 is 2.48 bits per heavy atom. The average Bonchev–Trinajstić information content (AvgIpc) is 2.58. The first kappa shape index (κ1) is 18.6. The van der Waals surface area contributed by atoms with E-state index in [9.17, 15) is 13.5 Å². The van der Waals surface area contributed by atoms with E-state index in [2.05, 4.69) is 35.7 Å². The zero-order chi connectivity index (χ0) is 18.0. The predicted octanol–water partition coefficient (Wildman–Crippen LogP) is 1.95. The van der Waals surface area contributed by atoms with Gasteiger partial charge in [-0.2, -0.15) is 0 Å². The minimum Gasteiger partial charge on any atom is -0.395 e. The van der Waals surface area contributed by atoms with Crippen LogP contribution in [0.3, 0.4) is 0 Å². The minimum absolute atomic E-state index is 0.0160. The van der Waals surface area contributed by atoms with Crippen molar-refractivity contribution in [3.8, 4) is 0 Å². The zero-order valence-electron chi connectivity index (χ0n) is 15.0. The van der Waals surface area contributed by atoms with Gasteiger partial charge in [0.1, 0.15) is 0 Å². The Balaban J connectivity index is 1.74. The standard InChI is InChI=1S/C19H28N2O3S/c1-21(25(2,23)24)12-17-19(18(13-22)20-17)16-10-8-15(9-11-16)14-6-4-3-5-7-14/h6,8-11,17-20,22H,3-5,7,12-13H2,1-2H3/t17-,18-,19+/m1/s1. The maximum atomic E-state index is 11.7. The number of aliphatic hydroxyl groups is 1. The van der Waals surface area contributed by atoms with E-state index < -0.39 is 10.0 Å². The van der Waals surface area contributed by atoms with Crippen LogP contribution in [0, 0.1) is 0 Å². The third kappa shape index (κ3) is 4.14. The van der Waals surface area contributed by atoms with Crippen molar-refractivity contribution in [1.29, 1.82) is 0 Å². The van der Waals surface area contributed by atoms with Crippen LogP contribution in [0.25, 0.3) is 5.57 Å². The first-order chi connectivity index (χ1) is 11.9. The summed E-state index contributed by atoms with van der Waals surface area (Å²) in [5.41, 5.74) is 3.86. The van der Waals surface area contributed by atoms with Crippen LogP contribution in [-0.2, 0) is 10.0 Å². The third-order valence-electron chi connectivity index (χ3n) is 5.47. The van der Waals surface area contributed by atoms with Crippen LogP contribution in [0.4, 0.5) is 0 Å². The Morgan fingerprint density at radius 1 is 1.20 bits per heavy atom. The van der Waals surface area contributed by atoms with Gasteiger partial charge in [0, 0.05) is 31.6 Å².